The van der Waals surface area contributed by atoms with Crippen molar-refractivity contribution in [1.82, 2.24) is 0 Å². The topological polar surface area (TPSA) is 96.0 Å². The van der Waals surface area contributed by atoms with Crippen molar-refractivity contribution >= 4 is 21.5 Å². The summed E-state index contributed by atoms with van der Waals surface area (Å²) in [5.41, 5.74) is 5.91. The van der Waals surface area contributed by atoms with E-state index in [0.717, 1.165) is 6.07 Å². The van der Waals surface area contributed by atoms with E-state index in [4.69, 9.17) is 11.1 Å². The zero-order valence-corrected chi connectivity index (χ0v) is 11.1. The van der Waals surface area contributed by atoms with Crippen LogP contribution in [0.25, 0.3) is 0 Å². The molecule has 0 aliphatic rings. The molecule has 0 saturated carbocycles. The summed E-state index contributed by atoms with van der Waals surface area (Å²) in [5.74, 6) is -1.01. The minimum atomic E-state index is -4.02. The van der Waals surface area contributed by atoms with Crippen molar-refractivity contribution in [3.05, 3.63) is 59.9 Å². The van der Waals surface area contributed by atoms with Gasteiger partial charge < -0.3 is 5.73 Å². The van der Waals surface area contributed by atoms with Crippen molar-refractivity contribution < 1.29 is 12.8 Å². The minimum absolute atomic E-state index is 0.183. The van der Waals surface area contributed by atoms with Gasteiger partial charge in [0.2, 0.25) is 0 Å². The van der Waals surface area contributed by atoms with Crippen LogP contribution in [0, 0.1) is 11.2 Å². The second-order valence-corrected chi connectivity index (χ2v) is 5.68. The first-order chi connectivity index (χ1) is 9.40. The number of rotatable bonds is 4. The van der Waals surface area contributed by atoms with Gasteiger partial charge in [0.05, 0.1) is 0 Å². The molecule has 2 aromatic rings. The van der Waals surface area contributed by atoms with Gasteiger partial charge in [-0.3, -0.25) is 10.1 Å². The molecule has 20 heavy (non-hydrogen) atoms. The van der Waals surface area contributed by atoms with Gasteiger partial charge >= 0.3 is 0 Å². The summed E-state index contributed by atoms with van der Waals surface area (Å²) >= 11 is 0. The molecule has 0 saturated heterocycles. The number of hydrogen-bond acceptors (Lipinski definition) is 3. The van der Waals surface area contributed by atoms with Crippen LogP contribution >= 0.6 is 0 Å². The van der Waals surface area contributed by atoms with Gasteiger partial charge in [-0.15, -0.1) is 0 Å². The molecule has 0 fully saturated rings. The molecule has 0 aromatic heterocycles. The molecule has 0 amide bonds. The van der Waals surface area contributed by atoms with Crippen LogP contribution in [0.3, 0.4) is 0 Å². The van der Waals surface area contributed by atoms with Gasteiger partial charge in [0.25, 0.3) is 10.0 Å². The Balaban J connectivity index is 2.36. The summed E-state index contributed by atoms with van der Waals surface area (Å²) in [7, 11) is -4.02. The third-order valence-corrected chi connectivity index (χ3v) is 3.97. The van der Waals surface area contributed by atoms with Gasteiger partial charge in [0.1, 0.15) is 16.5 Å². The van der Waals surface area contributed by atoms with E-state index in [1.54, 1.807) is 12.1 Å². The third kappa shape index (κ3) is 2.94. The highest BCUT2D eigenvalue weighted by Gasteiger charge is 2.18. The zero-order valence-electron chi connectivity index (χ0n) is 10.3. The molecule has 5 nitrogen and oxygen atoms in total. The van der Waals surface area contributed by atoms with E-state index < -0.39 is 20.7 Å². The Hall–Kier alpha value is -2.41. The number of anilines is 1. The monoisotopic (exact) mass is 293 g/mol. The zero-order chi connectivity index (χ0) is 14.8. The van der Waals surface area contributed by atoms with Gasteiger partial charge in [0.15, 0.2) is 0 Å². The number of amidine groups is 1. The first-order valence-corrected chi connectivity index (χ1v) is 7.10. The molecular weight excluding hydrogens is 281 g/mol. The number of nitrogen functional groups attached to an aromatic ring is 1. The lowest BCUT2D eigenvalue weighted by molar-refractivity contribution is 0.570. The molecule has 0 unspecified atom stereocenters. The summed E-state index contributed by atoms with van der Waals surface area (Å²) in [6.07, 6.45) is 0. The van der Waals surface area contributed by atoms with E-state index in [-0.39, 0.29) is 11.5 Å². The fourth-order valence-electron chi connectivity index (χ4n) is 1.62. The normalized spacial score (nSPS) is 11.1. The fraction of sp³-hybridized carbons (Fsp3) is 0. The molecular formula is C13H12FN3O2S. The van der Waals surface area contributed by atoms with E-state index in [0.29, 0.717) is 5.56 Å². The Bertz CT molecular complexity index is 760. The molecule has 0 spiro atoms. The van der Waals surface area contributed by atoms with Crippen LogP contribution in [-0.4, -0.2) is 14.3 Å². The molecule has 0 bridgehead atoms. The molecule has 2 rings (SSSR count). The van der Waals surface area contributed by atoms with Crippen LogP contribution in [0.2, 0.25) is 0 Å². The van der Waals surface area contributed by atoms with Crippen molar-refractivity contribution in [2.24, 2.45) is 5.73 Å². The van der Waals surface area contributed by atoms with E-state index >= 15 is 0 Å². The predicted octanol–water partition coefficient (Wildman–Crippen LogP) is 1.91. The SMILES string of the molecule is N=C(N)c1cccc(NS(=O)(=O)c2ccccc2F)c1. The van der Waals surface area contributed by atoms with Gasteiger partial charge in [0, 0.05) is 11.3 Å². The average molecular weight is 293 g/mol. The maximum atomic E-state index is 13.5. The van der Waals surface area contributed by atoms with Crippen LogP contribution < -0.4 is 10.5 Å². The first-order valence-electron chi connectivity index (χ1n) is 5.62. The minimum Gasteiger partial charge on any atom is -0.384 e. The van der Waals surface area contributed by atoms with Crippen LogP contribution in [-0.2, 0) is 10.0 Å². The van der Waals surface area contributed by atoms with Crippen LogP contribution in [0.1, 0.15) is 5.56 Å². The molecule has 4 N–H and O–H groups in total. The van der Waals surface area contributed by atoms with Crippen molar-refractivity contribution in [2.75, 3.05) is 4.72 Å². The van der Waals surface area contributed by atoms with Crippen LogP contribution in [0.4, 0.5) is 10.1 Å². The highest BCUT2D eigenvalue weighted by molar-refractivity contribution is 7.92. The highest BCUT2D eigenvalue weighted by Crippen LogP contribution is 2.19. The molecule has 7 heteroatoms. The van der Waals surface area contributed by atoms with Gasteiger partial charge in [-0.25, -0.2) is 12.8 Å². The Morgan fingerprint density at radius 3 is 2.50 bits per heavy atom. The second-order valence-electron chi connectivity index (χ2n) is 4.03. The summed E-state index contributed by atoms with van der Waals surface area (Å²) in [6, 6.07) is 11.1. The largest absolute Gasteiger partial charge is 0.384 e. The maximum absolute atomic E-state index is 13.5. The molecule has 0 radical (unpaired) electrons. The van der Waals surface area contributed by atoms with E-state index in [1.807, 2.05) is 0 Å². The standard InChI is InChI=1S/C13H12FN3O2S/c14-11-6-1-2-7-12(11)20(18,19)17-10-5-3-4-9(8-10)13(15)16/h1-8,17H,(H3,15,16). The summed E-state index contributed by atoms with van der Waals surface area (Å²) in [6.45, 7) is 0. The van der Waals surface area contributed by atoms with Crippen molar-refractivity contribution in [1.29, 1.82) is 5.41 Å². The summed E-state index contributed by atoms with van der Waals surface area (Å²) in [5, 5.41) is 7.30. The molecule has 0 aliphatic heterocycles. The third-order valence-electron chi connectivity index (χ3n) is 2.55. The van der Waals surface area contributed by atoms with Crippen molar-refractivity contribution in [2.45, 2.75) is 4.90 Å². The molecule has 0 aliphatic carbocycles. The van der Waals surface area contributed by atoms with E-state index in [2.05, 4.69) is 4.72 Å². The smallest absolute Gasteiger partial charge is 0.264 e. The summed E-state index contributed by atoms with van der Waals surface area (Å²) in [4.78, 5) is -0.437. The van der Waals surface area contributed by atoms with Crippen molar-refractivity contribution in [3.63, 3.8) is 0 Å². The van der Waals surface area contributed by atoms with E-state index in [9.17, 15) is 12.8 Å². The molecule has 0 atom stereocenters. The number of sulfonamides is 1. The number of nitrogens with one attached hydrogen (secondary N) is 2. The fourth-order valence-corrected chi connectivity index (χ4v) is 2.75. The molecule has 0 heterocycles. The van der Waals surface area contributed by atoms with Gasteiger partial charge in [-0.1, -0.05) is 24.3 Å². The average Bonchev–Trinajstić information content (AvgIpc) is 2.38. The van der Waals surface area contributed by atoms with E-state index in [1.165, 1.54) is 30.3 Å². The predicted molar refractivity (Wildman–Crippen MR) is 74.7 cm³/mol. The number of nitrogens with two attached hydrogens (primary N) is 1. The maximum Gasteiger partial charge on any atom is 0.264 e. The van der Waals surface area contributed by atoms with Crippen LogP contribution in [0.15, 0.2) is 53.4 Å². The van der Waals surface area contributed by atoms with Gasteiger partial charge in [-0.2, -0.15) is 0 Å². The van der Waals surface area contributed by atoms with Crippen LogP contribution in [0.5, 0.6) is 0 Å². The summed E-state index contributed by atoms with van der Waals surface area (Å²) < 4.78 is 39.9. The Morgan fingerprint density at radius 2 is 1.85 bits per heavy atom. The Morgan fingerprint density at radius 1 is 1.15 bits per heavy atom. The number of hydrogen-bond donors (Lipinski definition) is 3. The molecule has 2 aromatic carbocycles. The van der Waals surface area contributed by atoms with Crippen molar-refractivity contribution in [3.8, 4) is 0 Å². The quantitative estimate of drug-likeness (QED) is 0.593. The first kappa shape index (κ1) is 14.0. The Kier molecular flexibility index (Phi) is 3.71. The molecule has 104 valence electrons. The lowest BCUT2D eigenvalue weighted by Crippen LogP contribution is -2.16. The Labute approximate surface area is 115 Å². The lowest BCUT2D eigenvalue weighted by atomic mass is 10.2. The number of halogens is 1. The van der Waals surface area contributed by atoms with Gasteiger partial charge in [-0.05, 0) is 24.3 Å². The second kappa shape index (κ2) is 5.30. The highest BCUT2D eigenvalue weighted by atomic mass is 32.2. The lowest BCUT2D eigenvalue weighted by Gasteiger charge is -2.09. The number of benzene rings is 2.